The lowest BCUT2D eigenvalue weighted by Crippen LogP contribution is -2.42. The van der Waals surface area contributed by atoms with Crippen LogP contribution in [0.25, 0.3) is 0 Å². The number of amides is 2. The Kier molecular flexibility index (Phi) is 7.32. The van der Waals surface area contributed by atoms with Gasteiger partial charge in [-0.15, -0.1) is 6.58 Å². The highest BCUT2D eigenvalue weighted by molar-refractivity contribution is 5.96. The molecule has 0 aliphatic heterocycles. The average Bonchev–Trinajstić information content (AvgIpc) is 3.44. The highest BCUT2D eigenvalue weighted by Crippen LogP contribution is 2.15. The van der Waals surface area contributed by atoms with Gasteiger partial charge < -0.3 is 23.5 Å². The summed E-state index contributed by atoms with van der Waals surface area (Å²) in [5.74, 6) is 0.920. The van der Waals surface area contributed by atoms with E-state index in [1.165, 1.54) is 4.90 Å². The van der Waals surface area contributed by atoms with Gasteiger partial charge in [-0.3, -0.25) is 9.59 Å². The zero-order valence-corrected chi connectivity index (χ0v) is 17.9. The third-order valence-corrected chi connectivity index (χ3v) is 4.98. The summed E-state index contributed by atoms with van der Waals surface area (Å²) in [4.78, 5) is 29.4. The molecular weight excluding hydrogens is 394 g/mol. The van der Waals surface area contributed by atoms with Gasteiger partial charge in [0.1, 0.15) is 18.1 Å². The number of ether oxygens (including phenoxy) is 1. The molecule has 7 heteroatoms. The van der Waals surface area contributed by atoms with Crippen molar-refractivity contribution in [1.82, 2.24) is 14.4 Å². The molecule has 0 atom stereocenters. The number of carbonyl (C=O) groups excluding carboxylic acids is 2. The topological polar surface area (TPSA) is 67.9 Å². The molecule has 0 bridgehead atoms. The van der Waals surface area contributed by atoms with E-state index >= 15 is 0 Å². The molecule has 2 amide bonds. The SMILES string of the molecule is C=CCN(CC(=O)N(Cc1ccco1)Cc1cccn1C)C(=O)c1ccc(OC)cc1. The maximum absolute atomic E-state index is 13.3. The van der Waals surface area contributed by atoms with E-state index in [-0.39, 0.29) is 24.9 Å². The van der Waals surface area contributed by atoms with Crippen LogP contribution in [-0.2, 0) is 24.9 Å². The summed E-state index contributed by atoms with van der Waals surface area (Å²) in [6.07, 6.45) is 5.13. The molecule has 0 fully saturated rings. The van der Waals surface area contributed by atoms with Gasteiger partial charge in [0.25, 0.3) is 5.91 Å². The molecule has 0 saturated heterocycles. The van der Waals surface area contributed by atoms with Gasteiger partial charge in [-0.2, -0.15) is 0 Å². The van der Waals surface area contributed by atoms with E-state index < -0.39 is 0 Å². The number of benzene rings is 1. The van der Waals surface area contributed by atoms with Crippen LogP contribution in [0.3, 0.4) is 0 Å². The maximum atomic E-state index is 13.3. The van der Waals surface area contributed by atoms with E-state index in [0.29, 0.717) is 30.2 Å². The van der Waals surface area contributed by atoms with Gasteiger partial charge in [-0.25, -0.2) is 0 Å². The lowest BCUT2D eigenvalue weighted by Gasteiger charge is -2.27. The molecule has 0 aliphatic rings. The molecule has 1 aromatic carbocycles. The van der Waals surface area contributed by atoms with E-state index in [4.69, 9.17) is 9.15 Å². The summed E-state index contributed by atoms with van der Waals surface area (Å²) >= 11 is 0. The van der Waals surface area contributed by atoms with Crippen molar-refractivity contribution in [2.45, 2.75) is 13.1 Å². The zero-order chi connectivity index (χ0) is 22.2. The second-order valence-corrected chi connectivity index (χ2v) is 7.14. The van der Waals surface area contributed by atoms with Crippen LogP contribution in [-0.4, -0.2) is 46.4 Å². The first kappa shape index (κ1) is 22.0. The average molecular weight is 421 g/mol. The van der Waals surface area contributed by atoms with Gasteiger partial charge in [0.2, 0.25) is 5.91 Å². The summed E-state index contributed by atoms with van der Waals surface area (Å²) in [5, 5.41) is 0. The summed E-state index contributed by atoms with van der Waals surface area (Å²) in [6, 6.07) is 14.3. The Morgan fingerprint density at radius 2 is 1.87 bits per heavy atom. The highest BCUT2D eigenvalue weighted by atomic mass is 16.5. The molecule has 0 spiro atoms. The van der Waals surface area contributed by atoms with Crippen LogP contribution in [0.5, 0.6) is 5.75 Å². The van der Waals surface area contributed by atoms with E-state index in [0.717, 1.165) is 5.69 Å². The van der Waals surface area contributed by atoms with E-state index in [1.54, 1.807) is 54.7 Å². The summed E-state index contributed by atoms with van der Waals surface area (Å²) in [6.45, 7) is 4.64. The van der Waals surface area contributed by atoms with Crippen molar-refractivity contribution in [3.05, 3.63) is 90.7 Å². The number of carbonyl (C=O) groups is 2. The minimum Gasteiger partial charge on any atom is -0.497 e. The molecule has 31 heavy (non-hydrogen) atoms. The van der Waals surface area contributed by atoms with Crippen molar-refractivity contribution >= 4 is 11.8 Å². The molecule has 162 valence electrons. The number of nitrogens with zero attached hydrogens (tertiary/aromatic N) is 3. The standard InChI is InChI=1S/C24H27N3O4/c1-4-13-26(24(29)19-9-11-21(30-3)12-10-19)18-23(28)27(17-22-8-6-15-31-22)16-20-7-5-14-25(20)2/h4-12,14-15H,1,13,16-18H2,2-3H3. The van der Waals surface area contributed by atoms with Crippen LogP contribution in [0, 0.1) is 0 Å². The van der Waals surface area contributed by atoms with Crippen LogP contribution in [0.4, 0.5) is 0 Å². The quantitative estimate of drug-likeness (QED) is 0.470. The summed E-state index contributed by atoms with van der Waals surface area (Å²) < 4.78 is 12.6. The molecule has 7 nitrogen and oxygen atoms in total. The maximum Gasteiger partial charge on any atom is 0.254 e. The molecule has 3 rings (SSSR count). The zero-order valence-electron chi connectivity index (χ0n) is 17.9. The van der Waals surface area contributed by atoms with Gasteiger partial charge in [0.05, 0.1) is 26.5 Å². The Morgan fingerprint density at radius 3 is 2.45 bits per heavy atom. The first-order chi connectivity index (χ1) is 15.0. The number of hydrogen-bond acceptors (Lipinski definition) is 4. The van der Waals surface area contributed by atoms with Crippen molar-refractivity contribution in [1.29, 1.82) is 0 Å². The number of aromatic nitrogens is 1. The number of rotatable bonds is 10. The van der Waals surface area contributed by atoms with E-state index in [9.17, 15) is 9.59 Å². The summed E-state index contributed by atoms with van der Waals surface area (Å²) in [5.41, 5.74) is 1.46. The smallest absolute Gasteiger partial charge is 0.254 e. The normalized spacial score (nSPS) is 10.5. The first-order valence-electron chi connectivity index (χ1n) is 9.96. The predicted octanol–water partition coefficient (Wildman–Crippen LogP) is 3.48. The van der Waals surface area contributed by atoms with Crippen molar-refractivity contribution in [3.8, 4) is 5.75 Å². The lowest BCUT2D eigenvalue weighted by atomic mass is 10.2. The Labute approximate surface area is 182 Å². The fourth-order valence-corrected chi connectivity index (χ4v) is 3.23. The molecule has 0 saturated carbocycles. The van der Waals surface area contributed by atoms with Gasteiger partial charge >= 0.3 is 0 Å². The van der Waals surface area contributed by atoms with Crippen molar-refractivity contribution in [2.24, 2.45) is 7.05 Å². The van der Waals surface area contributed by atoms with Gasteiger partial charge in [0.15, 0.2) is 0 Å². The second kappa shape index (κ2) is 10.3. The molecule has 0 radical (unpaired) electrons. The van der Waals surface area contributed by atoms with Crippen LogP contribution < -0.4 is 4.74 Å². The predicted molar refractivity (Wildman–Crippen MR) is 117 cm³/mol. The first-order valence-corrected chi connectivity index (χ1v) is 9.96. The molecule has 0 aliphatic carbocycles. The minimum atomic E-state index is -0.243. The Balaban J connectivity index is 1.77. The molecule has 2 aromatic heterocycles. The fourth-order valence-electron chi connectivity index (χ4n) is 3.23. The highest BCUT2D eigenvalue weighted by Gasteiger charge is 2.23. The number of furan rings is 1. The van der Waals surface area contributed by atoms with Crippen LogP contribution in [0.15, 0.2) is 78.1 Å². The molecule has 2 heterocycles. The Bertz CT molecular complexity index is 1010. The monoisotopic (exact) mass is 421 g/mol. The van der Waals surface area contributed by atoms with Gasteiger partial charge in [-0.05, 0) is 48.5 Å². The van der Waals surface area contributed by atoms with Crippen LogP contribution >= 0.6 is 0 Å². The van der Waals surface area contributed by atoms with Gasteiger partial charge in [0, 0.05) is 31.0 Å². The molecular formula is C24H27N3O4. The third kappa shape index (κ3) is 5.66. The fraction of sp³-hybridized carbons (Fsp3) is 0.250. The molecule has 0 N–H and O–H groups in total. The third-order valence-electron chi connectivity index (χ3n) is 4.98. The van der Waals surface area contributed by atoms with E-state index in [2.05, 4.69) is 6.58 Å². The lowest BCUT2D eigenvalue weighted by molar-refractivity contribution is -0.133. The molecule has 0 unspecified atom stereocenters. The van der Waals surface area contributed by atoms with E-state index in [1.807, 2.05) is 36.0 Å². The van der Waals surface area contributed by atoms with Crippen molar-refractivity contribution in [3.63, 3.8) is 0 Å². The molecule has 3 aromatic rings. The summed E-state index contributed by atoms with van der Waals surface area (Å²) in [7, 11) is 3.50. The van der Waals surface area contributed by atoms with Crippen LogP contribution in [0.1, 0.15) is 21.8 Å². The van der Waals surface area contributed by atoms with Crippen molar-refractivity contribution in [2.75, 3.05) is 20.2 Å². The minimum absolute atomic E-state index is 0.0674. The Morgan fingerprint density at radius 1 is 1.10 bits per heavy atom. The second-order valence-electron chi connectivity index (χ2n) is 7.14. The van der Waals surface area contributed by atoms with Gasteiger partial charge in [-0.1, -0.05) is 6.08 Å². The van der Waals surface area contributed by atoms with Crippen LogP contribution in [0.2, 0.25) is 0 Å². The van der Waals surface area contributed by atoms with Crippen molar-refractivity contribution < 1.29 is 18.7 Å². The largest absolute Gasteiger partial charge is 0.497 e. The number of hydrogen-bond donors (Lipinski definition) is 0. The number of methoxy groups -OCH3 is 1. The Hall–Kier alpha value is -3.74. The number of aryl methyl sites for hydroxylation is 1.